The highest BCUT2D eigenvalue weighted by Gasteiger charge is 2.28. The second-order valence-electron chi connectivity index (χ2n) is 2.72. The van der Waals surface area contributed by atoms with Gasteiger partial charge in [-0.05, 0) is 12.5 Å². The predicted molar refractivity (Wildman–Crippen MR) is 45.3 cm³/mol. The van der Waals surface area contributed by atoms with Gasteiger partial charge in [-0.1, -0.05) is 0 Å². The van der Waals surface area contributed by atoms with E-state index in [-0.39, 0.29) is 11.1 Å². The SMILES string of the molecule is Cc1cnc(C(F)F)c([N+](=O)[O-])c1C#N. The molecular weight excluding hydrogens is 208 g/mol. The van der Waals surface area contributed by atoms with Gasteiger partial charge in [0.1, 0.15) is 11.6 Å². The molecule has 1 aromatic heterocycles. The van der Waals surface area contributed by atoms with E-state index in [1.165, 1.54) is 13.0 Å². The Balaban J connectivity index is 3.58. The zero-order chi connectivity index (χ0) is 11.6. The fourth-order valence-electron chi connectivity index (χ4n) is 1.09. The Bertz CT molecular complexity index is 454. The number of rotatable bonds is 2. The summed E-state index contributed by atoms with van der Waals surface area (Å²) >= 11 is 0. The van der Waals surface area contributed by atoms with Gasteiger partial charge in [-0.15, -0.1) is 0 Å². The van der Waals surface area contributed by atoms with Gasteiger partial charge in [0, 0.05) is 6.20 Å². The van der Waals surface area contributed by atoms with Gasteiger partial charge in [0.15, 0.2) is 5.69 Å². The van der Waals surface area contributed by atoms with E-state index in [2.05, 4.69) is 4.98 Å². The highest BCUT2D eigenvalue weighted by molar-refractivity contribution is 5.55. The fourth-order valence-corrected chi connectivity index (χ4v) is 1.09. The Kier molecular flexibility index (Phi) is 2.90. The topological polar surface area (TPSA) is 79.8 Å². The van der Waals surface area contributed by atoms with Crippen LogP contribution in [0.5, 0.6) is 0 Å². The van der Waals surface area contributed by atoms with Crippen molar-refractivity contribution in [2.75, 3.05) is 0 Å². The van der Waals surface area contributed by atoms with E-state index < -0.39 is 22.7 Å². The summed E-state index contributed by atoms with van der Waals surface area (Å²) < 4.78 is 24.7. The molecule has 15 heavy (non-hydrogen) atoms. The summed E-state index contributed by atoms with van der Waals surface area (Å²) in [6.07, 6.45) is -2.05. The average Bonchev–Trinajstić information content (AvgIpc) is 2.16. The van der Waals surface area contributed by atoms with E-state index in [9.17, 15) is 18.9 Å². The van der Waals surface area contributed by atoms with Crippen LogP contribution in [0.2, 0.25) is 0 Å². The molecule has 0 aliphatic heterocycles. The normalized spacial score (nSPS) is 10.1. The number of halogens is 2. The van der Waals surface area contributed by atoms with Crippen LogP contribution in [0.3, 0.4) is 0 Å². The van der Waals surface area contributed by atoms with Crippen LogP contribution >= 0.6 is 0 Å². The first-order valence-electron chi connectivity index (χ1n) is 3.81. The van der Waals surface area contributed by atoms with Crippen LogP contribution in [0.15, 0.2) is 6.20 Å². The predicted octanol–water partition coefficient (Wildman–Crippen LogP) is 2.11. The van der Waals surface area contributed by atoms with E-state index >= 15 is 0 Å². The number of nitro groups is 1. The van der Waals surface area contributed by atoms with Gasteiger partial charge >= 0.3 is 5.69 Å². The Labute approximate surface area is 83.1 Å². The molecule has 0 amide bonds. The number of hydrogen-bond acceptors (Lipinski definition) is 4. The van der Waals surface area contributed by atoms with Crippen molar-refractivity contribution in [2.24, 2.45) is 0 Å². The quantitative estimate of drug-likeness (QED) is 0.556. The van der Waals surface area contributed by atoms with Crippen LogP contribution < -0.4 is 0 Å². The van der Waals surface area contributed by atoms with Crippen LogP contribution in [0, 0.1) is 28.4 Å². The lowest BCUT2D eigenvalue weighted by Crippen LogP contribution is -2.03. The molecule has 78 valence electrons. The van der Waals surface area contributed by atoms with Gasteiger partial charge in [-0.25, -0.2) is 13.8 Å². The number of hydrogen-bond donors (Lipinski definition) is 0. The second kappa shape index (κ2) is 3.96. The maximum atomic E-state index is 12.4. The zero-order valence-corrected chi connectivity index (χ0v) is 7.57. The molecule has 0 aliphatic carbocycles. The largest absolute Gasteiger partial charge is 0.314 e. The smallest absolute Gasteiger partial charge is 0.258 e. The van der Waals surface area contributed by atoms with Gasteiger partial charge in [0.05, 0.1) is 4.92 Å². The summed E-state index contributed by atoms with van der Waals surface area (Å²) in [5.41, 5.74) is -2.05. The molecule has 0 unspecified atom stereocenters. The highest BCUT2D eigenvalue weighted by atomic mass is 19.3. The van der Waals surface area contributed by atoms with Crippen molar-refractivity contribution in [1.82, 2.24) is 4.98 Å². The number of alkyl halides is 2. The lowest BCUT2D eigenvalue weighted by Gasteiger charge is -2.03. The van der Waals surface area contributed by atoms with Crippen molar-refractivity contribution >= 4 is 5.69 Å². The van der Waals surface area contributed by atoms with Crippen LogP contribution in [0.4, 0.5) is 14.5 Å². The Morgan fingerprint density at radius 3 is 2.67 bits per heavy atom. The molecule has 0 saturated carbocycles. The zero-order valence-electron chi connectivity index (χ0n) is 7.57. The lowest BCUT2D eigenvalue weighted by atomic mass is 10.1. The third-order valence-corrected chi connectivity index (χ3v) is 1.77. The van der Waals surface area contributed by atoms with Crippen LogP contribution in [-0.4, -0.2) is 9.91 Å². The Morgan fingerprint density at radius 2 is 2.27 bits per heavy atom. The van der Waals surface area contributed by atoms with Crippen molar-refractivity contribution < 1.29 is 13.7 Å². The van der Waals surface area contributed by atoms with E-state index in [1.54, 1.807) is 0 Å². The molecule has 1 rings (SSSR count). The second-order valence-corrected chi connectivity index (χ2v) is 2.72. The van der Waals surface area contributed by atoms with Gasteiger partial charge in [0.25, 0.3) is 6.43 Å². The van der Waals surface area contributed by atoms with Gasteiger partial charge in [-0.2, -0.15) is 5.26 Å². The minimum Gasteiger partial charge on any atom is -0.258 e. The van der Waals surface area contributed by atoms with Crippen molar-refractivity contribution in [1.29, 1.82) is 5.26 Å². The number of nitrogens with zero attached hydrogens (tertiary/aromatic N) is 3. The number of aromatic nitrogens is 1. The molecule has 0 aromatic carbocycles. The van der Waals surface area contributed by atoms with Crippen molar-refractivity contribution in [2.45, 2.75) is 13.3 Å². The number of nitriles is 1. The third-order valence-electron chi connectivity index (χ3n) is 1.77. The monoisotopic (exact) mass is 213 g/mol. The first-order valence-corrected chi connectivity index (χ1v) is 3.81. The molecule has 1 aromatic rings. The van der Waals surface area contributed by atoms with Gasteiger partial charge < -0.3 is 0 Å². The molecule has 0 fully saturated rings. The average molecular weight is 213 g/mol. The summed E-state index contributed by atoms with van der Waals surface area (Å²) in [4.78, 5) is 12.8. The Morgan fingerprint density at radius 1 is 1.67 bits per heavy atom. The summed E-state index contributed by atoms with van der Waals surface area (Å²) in [5, 5.41) is 19.2. The molecular formula is C8H5F2N3O2. The minimum atomic E-state index is -3.07. The van der Waals surface area contributed by atoms with Crippen LogP contribution in [0.25, 0.3) is 0 Å². The molecule has 0 atom stereocenters. The first-order chi connectivity index (χ1) is 6.99. The van der Waals surface area contributed by atoms with E-state index in [0.717, 1.165) is 6.20 Å². The van der Waals surface area contributed by atoms with Gasteiger partial charge in [0.2, 0.25) is 0 Å². The fraction of sp³-hybridized carbons (Fsp3) is 0.250. The number of pyridine rings is 1. The third kappa shape index (κ3) is 1.88. The summed E-state index contributed by atoms with van der Waals surface area (Å²) in [6.45, 7) is 1.40. The summed E-state index contributed by atoms with van der Waals surface area (Å²) in [5.74, 6) is 0. The van der Waals surface area contributed by atoms with E-state index in [1.807, 2.05) is 0 Å². The van der Waals surface area contributed by atoms with Crippen molar-refractivity contribution in [3.63, 3.8) is 0 Å². The first kappa shape index (κ1) is 11.0. The molecule has 0 saturated heterocycles. The van der Waals surface area contributed by atoms with E-state index in [4.69, 9.17) is 5.26 Å². The van der Waals surface area contributed by atoms with Crippen molar-refractivity contribution in [3.8, 4) is 6.07 Å². The summed E-state index contributed by atoms with van der Waals surface area (Å²) in [6, 6.07) is 1.53. The van der Waals surface area contributed by atoms with E-state index in [0.29, 0.717) is 0 Å². The highest BCUT2D eigenvalue weighted by Crippen LogP contribution is 2.30. The number of aryl methyl sites for hydroxylation is 1. The molecule has 0 spiro atoms. The molecule has 5 nitrogen and oxygen atoms in total. The Hall–Kier alpha value is -2.10. The standard InChI is InChI=1S/C8H5F2N3O2/c1-4-3-12-6(8(9)10)7(13(14)15)5(4)2-11/h3,8H,1H3. The minimum absolute atomic E-state index is 0.202. The maximum absolute atomic E-state index is 12.4. The van der Waals surface area contributed by atoms with Crippen molar-refractivity contribution in [3.05, 3.63) is 33.1 Å². The maximum Gasteiger partial charge on any atom is 0.314 e. The molecule has 0 N–H and O–H groups in total. The molecule has 7 heteroatoms. The molecule has 0 bridgehead atoms. The lowest BCUT2D eigenvalue weighted by molar-refractivity contribution is -0.386. The van der Waals surface area contributed by atoms with Crippen LogP contribution in [0.1, 0.15) is 23.2 Å². The van der Waals surface area contributed by atoms with Crippen LogP contribution in [-0.2, 0) is 0 Å². The van der Waals surface area contributed by atoms with Gasteiger partial charge in [-0.3, -0.25) is 10.1 Å². The molecule has 1 heterocycles. The summed E-state index contributed by atoms with van der Waals surface area (Å²) in [7, 11) is 0. The molecule has 0 aliphatic rings. The molecule has 0 radical (unpaired) electrons.